The zero-order chi connectivity index (χ0) is 24.5. The summed E-state index contributed by atoms with van der Waals surface area (Å²) >= 11 is 0. The highest BCUT2D eigenvalue weighted by molar-refractivity contribution is 6.07. The lowest BCUT2D eigenvalue weighted by atomic mass is 10.0. The minimum atomic E-state index is -0.488. The third kappa shape index (κ3) is 4.30. The summed E-state index contributed by atoms with van der Waals surface area (Å²) in [6.45, 7) is 6.78. The van der Waals surface area contributed by atoms with E-state index < -0.39 is 5.91 Å². The van der Waals surface area contributed by atoms with Gasteiger partial charge in [-0.05, 0) is 37.1 Å². The zero-order valence-corrected chi connectivity index (χ0v) is 19.9. The van der Waals surface area contributed by atoms with Crippen LogP contribution in [-0.2, 0) is 6.54 Å². The summed E-state index contributed by atoms with van der Waals surface area (Å²) in [5.41, 5.74) is 4.93. The van der Waals surface area contributed by atoms with Gasteiger partial charge in [-0.3, -0.25) is 4.79 Å². The molecule has 0 aliphatic carbocycles. The molecule has 1 amide bonds. The van der Waals surface area contributed by atoms with E-state index in [-0.39, 0.29) is 5.88 Å². The van der Waals surface area contributed by atoms with Gasteiger partial charge < -0.3 is 9.67 Å². The Morgan fingerprint density at radius 2 is 1.71 bits per heavy atom. The average molecular weight is 463 g/mol. The van der Waals surface area contributed by atoms with Crippen LogP contribution in [0.5, 0.6) is 5.88 Å². The van der Waals surface area contributed by atoms with Crippen LogP contribution in [0.15, 0.2) is 89.1 Å². The Labute approximate surface area is 203 Å². The number of pyridine rings is 1. The quantitative estimate of drug-likeness (QED) is 0.275. The number of benzene rings is 3. The number of hydrogen-bond acceptors (Lipinski definition) is 4. The molecule has 2 heterocycles. The topological polar surface area (TPSA) is 79.8 Å². The molecule has 0 aliphatic heterocycles. The Balaban J connectivity index is 1.61. The van der Waals surface area contributed by atoms with Crippen molar-refractivity contribution in [3.63, 3.8) is 0 Å². The molecule has 0 saturated heterocycles. The van der Waals surface area contributed by atoms with Crippen molar-refractivity contribution in [1.29, 1.82) is 0 Å². The van der Waals surface area contributed by atoms with E-state index in [4.69, 9.17) is 4.98 Å². The molecule has 174 valence electrons. The van der Waals surface area contributed by atoms with Gasteiger partial charge in [-0.15, -0.1) is 10.2 Å². The summed E-state index contributed by atoms with van der Waals surface area (Å²) in [7, 11) is 0. The van der Waals surface area contributed by atoms with Crippen LogP contribution in [0.2, 0.25) is 0 Å². The smallest absolute Gasteiger partial charge is 0.296 e. The Bertz CT molecular complexity index is 1580. The summed E-state index contributed by atoms with van der Waals surface area (Å²) < 4.78 is 1.83. The largest absolute Gasteiger partial charge is 0.493 e. The fraction of sp³-hybridized carbons (Fsp3) is 0.172. The van der Waals surface area contributed by atoms with E-state index in [1.165, 1.54) is 0 Å². The van der Waals surface area contributed by atoms with Gasteiger partial charge in [-0.1, -0.05) is 74.0 Å². The van der Waals surface area contributed by atoms with Gasteiger partial charge in [0.05, 0.1) is 22.3 Å². The summed E-state index contributed by atoms with van der Waals surface area (Å²) in [5, 5.41) is 20.8. The van der Waals surface area contributed by atoms with Crippen LogP contribution in [0, 0.1) is 12.8 Å². The average Bonchev–Trinajstić information content (AvgIpc) is 3.11. The second-order valence-electron chi connectivity index (χ2n) is 9.14. The van der Waals surface area contributed by atoms with Crippen molar-refractivity contribution in [2.45, 2.75) is 27.3 Å². The highest BCUT2D eigenvalue weighted by Crippen LogP contribution is 2.40. The number of carbonyl (C=O) groups excluding carboxylic acids is 1. The highest BCUT2D eigenvalue weighted by atomic mass is 16.3. The standard InChI is InChI=1S/C29H26N4O2/c1-18(2)17-33-26-14-13-19(3)15-23(26)27(29(33)35)31-32-28(34)22-16-25(20-9-5-4-6-10-20)30-24-12-8-7-11-21(22)24/h4-16,18,35H,17H2,1-3H3. The zero-order valence-electron chi connectivity index (χ0n) is 19.9. The van der Waals surface area contributed by atoms with Crippen LogP contribution < -0.4 is 0 Å². The van der Waals surface area contributed by atoms with E-state index >= 15 is 0 Å². The Kier molecular flexibility index (Phi) is 5.87. The Morgan fingerprint density at radius 1 is 0.971 bits per heavy atom. The summed E-state index contributed by atoms with van der Waals surface area (Å²) in [4.78, 5) is 18.1. The molecule has 0 aliphatic rings. The molecule has 0 fully saturated rings. The highest BCUT2D eigenvalue weighted by Gasteiger charge is 2.19. The molecule has 1 N–H and O–H groups in total. The van der Waals surface area contributed by atoms with E-state index in [0.29, 0.717) is 40.3 Å². The van der Waals surface area contributed by atoms with Gasteiger partial charge in [0.15, 0.2) is 5.69 Å². The van der Waals surface area contributed by atoms with Crippen LogP contribution in [0.25, 0.3) is 33.1 Å². The first-order valence-electron chi connectivity index (χ1n) is 11.7. The van der Waals surface area contributed by atoms with Crippen LogP contribution in [0.4, 0.5) is 5.69 Å². The van der Waals surface area contributed by atoms with Crippen LogP contribution in [0.1, 0.15) is 29.8 Å². The maximum absolute atomic E-state index is 13.3. The minimum Gasteiger partial charge on any atom is -0.493 e. The number of fused-ring (bicyclic) bond motifs is 2. The number of azo groups is 1. The molecule has 3 aromatic carbocycles. The van der Waals surface area contributed by atoms with Crippen molar-refractivity contribution in [2.24, 2.45) is 16.1 Å². The lowest BCUT2D eigenvalue weighted by molar-refractivity contribution is 0.0996. The van der Waals surface area contributed by atoms with Crippen molar-refractivity contribution >= 4 is 33.4 Å². The SMILES string of the molecule is Cc1ccc2c(c1)c(N=NC(=O)c1cc(-c3ccccc3)nc3ccccc13)c(O)n2CC(C)C. The van der Waals surface area contributed by atoms with Gasteiger partial charge in [0.1, 0.15) is 0 Å². The van der Waals surface area contributed by atoms with E-state index in [0.717, 1.165) is 22.0 Å². The number of para-hydroxylation sites is 1. The molecule has 6 nitrogen and oxygen atoms in total. The summed E-state index contributed by atoms with van der Waals surface area (Å²) in [6, 6.07) is 24.9. The van der Waals surface area contributed by atoms with Crippen LogP contribution >= 0.6 is 0 Å². The van der Waals surface area contributed by atoms with Gasteiger partial charge in [0.25, 0.3) is 5.91 Å². The summed E-state index contributed by atoms with van der Waals surface area (Å²) in [5.74, 6) is -0.151. The lowest BCUT2D eigenvalue weighted by Crippen LogP contribution is -2.03. The number of aromatic hydroxyl groups is 1. The molecule has 2 aromatic heterocycles. The number of aryl methyl sites for hydroxylation is 1. The first-order chi connectivity index (χ1) is 16.9. The third-order valence-corrected chi connectivity index (χ3v) is 5.97. The third-order valence-electron chi connectivity index (χ3n) is 5.97. The molecular formula is C29H26N4O2. The molecular weight excluding hydrogens is 436 g/mol. The second kappa shape index (κ2) is 9.14. The normalized spacial score (nSPS) is 11.8. The molecule has 0 radical (unpaired) electrons. The number of hydrogen-bond donors (Lipinski definition) is 1. The monoisotopic (exact) mass is 462 g/mol. The molecule has 0 saturated carbocycles. The summed E-state index contributed by atoms with van der Waals surface area (Å²) in [6.07, 6.45) is 0. The minimum absolute atomic E-state index is 0.0143. The fourth-order valence-electron chi connectivity index (χ4n) is 4.34. The van der Waals surface area contributed by atoms with Crippen molar-refractivity contribution in [1.82, 2.24) is 9.55 Å². The maximum atomic E-state index is 13.3. The molecule has 6 heteroatoms. The first kappa shape index (κ1) is 22.5. The van der Waals surface area contributed by atoms with Gasteiger partial charge in [-0.25, -0.2) is 4.98 Å². The predicted octanol–water partition coefficient (Wildman–Crippen LogP) is 7.45. The molecule has 35 heavy (non-hydrogen) atoms. The number of carbonyl (C=O) groups is 1. The van der Waals surface area contributed by atoms with Crippen molar-refractivity contribution in [3.8, 4) is 17.1 Å². The van der Waals surface area contributed by atoms with E-state index in [9.17, 15) is 9.90 Å². The van der Waals surface area contributed by atoms with Crippen LogP contribution in [0.3, 0.4) is 0 Å². The first-order valence-corrected chi connectivity index (χ1v) is 11.7. The van der Waals surface area contributed by atoms with Crippen molar-refractivity contribution in [3.05, 3.63) is 90.0 Å². The van der Waals surface area contributed by atoms with Gasteiger partial charge in [0, 0.05) is 22.9 Å². The molecule has 0 atom stereocenters. The van der Waals surface area contributed by atoms with E-state index in [1.807, 2.05) is 84.3 Å². The molecule has 0 unspecified atom stereocenters. The molecule has 5 rings (SSSR count). The fourth-order valence-corrected chi connectivity index (χ4v) is 4.34. The molecule has 0 bridgehead atoms. The van der Waals surface area contributed by atoms with Gasteiger partial charge in [0.2, 0.25) is 5.88 Å². The van der Waals surface area contributed by atoms with Crippen LogP contribution in [-0.4, -0.2) is 20.6 Å². The Hall–Kier alpha value is -4.32. The van der Waals surface area contributed by atoms with Crippen molar-refractivity contribution < 1.29 is 9.90 Å². The van der Waals surface area contributed by atoms with Crippen molar-refractivity contribution in [2.75, 3.05) is 0 Å². The maximum Gasteiger partial charge on any atom is 0.296 e. The second-order valence-corrected chi connectivity index (χ2v) is 9.14. The van der Waals surface area contributed by atoms with Gasteiger partial charge in [-0.2, -0.15) is 0 Å². The van der Waals surface area contributed by atoms with E-state index in [2.05, 4.69) is 24.1 Å². The lowest BCUT2D eigenvalue weighted by Gasteiger charge is -2.09. The number of rotatable bonds is 5. The number of nitrogens with zero attached hydrogens (tertiary/aromatic N) is 4. The molecule has 0 spiro atoms. The Morgan fingerprint density at radius 3 is 2.49 bits per heavy atom. The number of amides is 1. The molecule has 5 aromatic rings. The number of aromatic nitrogens is 2. The van der Waals surface area contributed by atoms with E-state index in [1.54, 1.807) is 6.07 Å². The predicted molar refractivity (Wildman–Crippen MR) is 139 cm³/mol. The van der Waals surface area contributed by atoms with Gasteiger partial charge >= 0.3 is 0 Å².